The number of hydrogen-bond acceptors (Lipinski definition) is 4. The zero-order valence-corrected chi connectivity index (χ0v) is 11.5. The van der Waals surface area contributed by atoms with Gasteiger partial charge in [-0.25, -0.2) is 9.48 Å². The molecule has 1 aliphatic rings. The molecular weight excluding hydrogens is 270 g/mol. The normalized spacial score (nSPS) is 18.0. The summed E-state index contributed by atoms with van der Waals surface area (Å²) in [6, 6.07) is 7.12. The monoisotopic (exact) mass is 287 g/mol. The van der Waals surface area contributed by atoms with E-state index in [0.717, 1.165) is 18.5 Å². The molecule has 1 atom stereocenters. The lowest BCUT2D eigenvalue weighted by Gasteiger charge is -2.23. The van der Waals surface area contributed by atoms with Crippen LogP contribution in [0.25, 0.3) is 5.69 Å². The summed E-state index contributed by atoms with van der Waals surface area (Å²) in [7, 11) is 0. The average Bonchev–Trinajstić information content (AvgIpc) is 3.19. The summed E-state index contributed by atoms with van der Waals surface area (Å²) in [6.07, 6.45) is 5.15. The third-order valence-corrected chi connectivity index (χ3v) is 3.65. The molecule has 3 rings (SSSR count). The molecule has 2 heterocycles. The molecule has 0 unspecified atom stereocenters. The van der Waals surface area contributed by atoms with Gasteiger partial charge in [0, 0.05) is 12.2 Å². The summed E-state index contributed by atoms with van der Waals surface area (Å²) in [4.78, 5) is 13.9. The fraction of sp³-hybridized carbons (Fsp3) is 0.357. The number of aliphatic hydroxyl groups is 1. The fourth-order valence-corrected chi connectivity index (χ4v) is 2.53. The molecule has 2 aromatic rings. The van der Waals surface area contributed by atoms with Crippen molar-refractivity contribution in [2.45, 2.75) is 18.9 Å². The number of aliphatic hydroxyl groups excluding tert-OH is 1. The zero-order chi connectivity index (χ0) is 14.7. The second-order valence-electron chi connectivity index (χ2n) is 5.00. The van der Waals surface area contributed by atoms with Gasteiger partial charge in [0.05, 0.1) is 30.7 Å². The van der Waals surface area contributed by atoms with Gasteiger partial charge in [0.15, 0.2) is 0 Å². The first kappa shape index (κ1) is 13.6. The Bertz CT molecular complexity index is 596. The Labute approximate surface area is 122 Å². The highest BCUT2D eigenvalue weighted by Crippen LogP contribution is 2.19. The number of nitrogens with zero attached hydrogens (tertiary/aromatic N) is 4. The number of anilines is 1. The first-order chi connectivity index (χ1) is 10.3. The topological polar surface area (TPSA) is 83.3 Å². The highest BCUT2D eigenvalue weighted by Gasteiger charge is 2.27. The van der Waals surface area contributed by atoms with Crippen LogP contribution < -0.4 is 5.32 Å². The van der Waals surface area contributed by atoms with Crippen LogP contribution in [0.1, 0.15) is 12.8 Å². The predicted octanol–water partition coefficient (Wildman–Crippen LogP) is 1.26. The van der Waals surface area contributed by atoms with E-state index in [1.54, 1.807) is 22.0 Å². The van der Waals surface area contributed by atoms with Crippen LogP contribution in [0.5, 0.6) is 0 Å². The number of likely N-dealkylation sites (tertiary alicyclic amines) is 1. The van der Waals surface area contributed by atoms with Crippen molar-refractivity contribution in [3.63, 3.8) is 0 Å². The van der Waals surface area contributed by atoms with Crippen molar-refractivity contribution in [2.24, 2.45) is 0 Å². The van der Waals surface area contributed by atoms with E-state index in [9.17, 15) is 9.90 Å². The number of benzene rings is 1. The fourth-order valence-electron chi connectivity index (χ4n) is 2.53. The van der Waals surface area contributed by atoms with Gasteiger partial charge in [-0.15, -0.1) is 5.10 Å². The molecule has 1 saturated heterocycles. The van der Waals surface area contributed by atoms with Gasteiger partial charge in [-0.1, -0.05) is 5.21 Å². The maximum atomic E-state index is 12.2. The quantitative estimate of drug-likeness (QED) is 0.890. The lowest BCUT2D eigenvalue weighted by Crippen LogP contribution is -2.40. The molecule has 0 aliphatic carbocycles. The number of carbonyl (C=O) groups excluding carboxylic acids is 1. The molecule has 110 valence electrons. The van der Waals surface area contributed by atoms with Crippen LogP contribution in [-0.2, 0) is 0 Å². The van der Waals surface area contributed by atoms with E-state index in [-0.39, 0.29) is 18.7 Å². The molecule has 1 aromatic heterocycles. The second-order valence-corrected chi connectivity index (χ2v) is 5.00. The largest absolute Gasteiger partial charge is 0.394 e. The first-order valence-electron chi connectivity index (χ1n) is 6.93. The Morgan fingerprint density at radius 1 is 1.38 bits per heavy atom. The molecule has 1 aliphatic heterocycles. The van der Waals surface area contributed by atoms with Crippen molar-refractivity contribution in [2.75, 3.05) is 18.5 Å². The maximum Gasteiger partial charge on any atom is 0.322 e. The zero-order valence-electron chi connectivity index (χ0n) is 11.5. The van der Waals surface area contributed by atoms with Crippen LogP contribution in [0, 0.1) is 0 Å². The van der Waals surface area contributed by atoms with Gasteiger partial charge in [0.25, 0.3) is 0 Å². The second kappa shape index (κ2) is 5.92. The van der Waals surface area contributed by atoms with Crippen LogP contribution in [0.2, 0.25) is 0 Å². The molecule has 0 saturated carbocycles. The van der Waals surface area contributed by atoms with Crippen molar-refractivity contribution in [1.29, 1.82) is 0 Å². The third-order valence-electron chi connectivity index (χ3n) is 3.65. The van der Waals surface area contributed by atoms with Crippen LogP contribution in [0.4, 0.5) is 10.5 Å². The molecule has 0 radical (unpaired) electrons. The predicted molar refractivity (Wildman–Crippen MR) is 77.2 cm³/mol. The lowest BCUT2D eigenvalue weighted by molar-refractivity contribution is 0.166. The van der Waals surface area contributed by atoms with Gasteiger partial charge in [-0.3, -0.25) is 0 Å². The molecule has 2 amide bonds. The highest BCUT2D eigenvalue weighted by atomic mass is 16.3. The lowest BCUT2D eigenvalue weighted by atomic mass is 10.2. The Kier molecular flexibility index (Phi) is 3.83. The summed E-state index contributed by atoms with van der Waals surface area (Å²) in [5.41, 5.74) is 1.59. The van der Waals surface area contributed by atoms with Crippen LogP contribution in [0.3, 0.4) is 0 Å². The van der Waals surface area contributed by atoms with Crippen molar-refractivity contribution in [3.05, 3.63) is 36.7 Å². The minimum Gasteiger partial charge on any atom is -0.394 e. The average molecular weight is 287 g/mol. The minimum absolute atomic E-state index is 0.0126. The number of hydrogen-bond donors (Lipinski definition) is 2. The van der Waals surface area contributed by atoms with E-state index in [4.69, 9.17) is 0 Å². The van der Waals surface area contributed by atoms with Gasteiger partial charge in [0.2, 0.25) is 0 Å². The SMILES string of the molecule is O=C(Nc1ccc(-n2ccnn2)cc1)N1CCC[C@H]1CO. The van der Waals surface area contributed by atoms with E-state index in [1.807, 2.05) is 24.3 Å². The standard InChI is InChI=1S/C14H17N5O2/c20-10-13-2-1-8-18(13)14(21)16-11-3-5-12(6-4-11)19-9-7-15-17-19/h3-7,9,13,20H,1-2,8,10H2,(H,16,21)/t13-/m0/s1. The molecule has 0 bridgehead atoms. The number of amides is 2. The van der Waals surface area contributed by atoms with Gasteiger partial charge >= 0.3 is 6.03 Å². The van der Waals surface area contributed by atoms with Crippen molar-refractivity contribution < 1.29 is 9.90 Å². The number of aromatic nitrogens is 3. The Morgan fingerprint density at radius 2 is 2.19 bits per heavy atom. The molecule has 0 spiro atoms. The Morgan fingerprint density at radius 3 is 2.86 bits per heavy atom. The first-order valence-corrected chi connectivity index (χ1v) is 6.93. The summed E-state index contributed by atoms with van der Waals surface area (Å²) >= 11 is 0. The van der Waals surface area contributed by atoms with E-state index in [0.29, 0.717) is 12.2 Å². The highest BCUT2D eigenvalue weighted by molar-refractivity contribution is 5.89. The van der Waals surface area contributed by atoms with Gasteiger partial charge in [0.1, 0.15) is 0 Å². The molecule has 2 N–H and O–H groups in total. The van der Waals surface area contributed by atoms with Gasteiger partial charge in [-0.05, 0) is 37.1 Å². The Hall–Kier alpha value is -2.41. The molecule has 7 heteroatoms. The summed E-state index contributed by atoms with van der Waals surface area (Å²) in [5.74, 6) is 0. The van der Waals surface area contributed by atoms with E-state index < -0.39 is 0 Å². The van der Waals surface area contributed by atoms with E-state index >= 15 is 0 Å². The molecule has 1 fully saturated rings. The van der Waals surface area contributed by atoms with Crippen molar-refractivity contribution in [3.8, 4) is 5.69 Å². The summed E-state index contributed by atoms with van der Waals surface area (Å²) in [6.45, 7) is 0.701. The molecule has 7 nitrogen and oxygen atoms in total. The van der Waals surface area contributed by atoms with Crippen molar-refractivity contribution in [1.82, 2.24) is 19.9 Å². The smallest absolute Gasteiger partial charge is 0.322 e. The number of carbonyl (C=O) groups is 1. The Balaban J connectivity index is 1.66. The number of nitrogens with one attached hydrogen (secondary N) is 1. The molecule has 21 heavy (non-hydrogen) atoms. The number of urea groups is 1. The summed E-state index contributed by atoms with van der Waals surface area (Å²) in [5, 5.41) is 19.8. The van der Waals surface area contributed by atoms with Crippen molar-refractivity contribution >= 4 is 11.7 Å². The maximum absolute atomic E-state index is 12.2. The van der Waals surface area contributed by atoms with Crippen LogP contribution in [0.15, 0.2) is 36.7 Å². The number of rotatable bonds is 3. The third kappa shape index (κ3) is 2.87. The summed E-state index contributed by atoms with van der Waals surface area (Å²) < 4.78 is 1.65. The van der Waals surface area contributed by atoms with Gasteiger partial charge in [-0.2, -0.15) is 0 Å². The molecular formula is C14H17N5O2. The van der Waals surface area contributed by atoms with Gasteiger partial charge < -0.3 is 15.3 Å². The molecule has 1 aromatic carbocycles. The minimum atomic E-state index is -0.167. The van der Waals surface area contributed by atoms with Crippen LogP contribution >= 0.6 is 0 Å². The van der Waals surface area contributed by atoms with E-state index in [1.165, 1.54) is 0 Å². The van der Waals surface area contributed by atoms with Crippen LogP contribution in [-0.4, -0.2) is 50.2 Å². The van der Waals surface area contributed by atoms with E-state index in [2.05, 4.69) is 15.6 Å².